The second-order valence-electron chi connectivity index (χ2n) is 10.2. The van der Waals surface area contributed by atoms with Crippen LogP contribution in [0.25, 0.3) is 5.57 Å². The number of benzene rings is 1. The Kier molecular flexibility index (Phi) is 7.66. The molecule has 0 spiro atoms. The molecule has 1 aliphatic heterocycles. The Balaban J connectivity index is 1.77. The predicted molar refractivity (Wildman–Crippen MR) is 121 cm³/mol. The number of nitrogens with zero attached hydrogens (tertiary/aromatic N) is 1. The number of halogens is 3. The molecular formula is C25H35F3N2O3. The number of likely N-dealkylation sites (tertiary alicyclic amines) is 1. The number of alkyl carbamates (subject to hydrolysis) is 1. The molecule has 2 N–H and O–H groups in total. The van der Waals surface area contributed by atoms with Crippen LogP contribution in [0.3, 0.4) is 0 Å². The molecule has 0 unspecified atom stereocenters. The number of carbonyl (C=O) groups excluding carboxylic acids is 1. The molecular weight excluding hydrogens is 433 g/mol. The Morgan fingerprint density at radius 3 is 2.36 bits per heavy atom. The van der Waals surface area contributed by atoms with Gasteiger partial charge >= 0.3 is 12.3 Å². The van der Waals surface area contributed by atoms with E-state index >= 15 is 0 Å². The molecule has 8 heteroatoms. The summed E-state index contributed by atoms with van der Waals surface area (Å²) in [6, 6.07) is 5.20. The predicted octanol–water partition coefficient (Wildman–Crippen LogP) is 5.73. The average molecular weight is 469 g/mol. The van der Waals surface area contributed by atoms with Crippen molar-refractivity contribution in [1.82, 2.24) is 10.2 Å². The number of hydrogen-bond donors (Lipinski definition) is 2. The van der Waals surface area contributed by atoms with Gasteiger partial charge in [0.2, 0.25) is 0 Å². The maximum atomic E-state index is 13.3. The molecule has 1 saturated carbocycles. The summed E-state index contributed by atoms with van der Waals surface area (Å²) in [5.74, 6) is 0. The van der Waals surface area contributed by atoms with Gasteiger partial charge in [-0.2, -0.15) is 13.2 Å². The molecule has 1 amide bonds. The van der Waals surface area contributed by atoms with Crippen molar-refractivity contribution >= 4 is 11.7 Å². The van der Waals surface area contributed by atoms with Crippen LogP contribution in [0.2, 0.25) is 0 Å². The van der Waals surface area contributed by atoms with Gasteiger partial charge in [0, 0.05) is 30.9 Å². The van der Waals surface area contributed by atoms with Crippen LogP contribution in [0.15, 0.2) is 30.5 Å². The number of hydrogen-bond acceptors (Lipinski definition) is 4. The van der Waals surface area contributed by atoms with Crippen molar-refractivity contribution in [1.29, 1.82) is 0 Å². The van der Waals surface area contributed by atoms with Crippen molar-refractivity contribution in [3.05, 3.63) is 41.6 Å². The number of carbonyl (C=O) groups is 1. The fraction of sp³-hybridized carbons (Fsp3) is 0.640. The minimum atomic E-state index is -4.44. The second-order valence-corrected chi connectivity index (χ2v) is 10.2. The van der Waals surface area contributed by atoms with Crippen LogP contribution in [0.5, 0.6) is 0 Å². The maximum Gasteiger partial charge on any atom is 0.416 e. The van der Waals surface area contributed by atoms with Gasteiger partial charge in [-0.25, -0.2) is 4.79 Å². The zero-order chi connectivity index (χ0) is 24.3. The van der Waals surface area contributed by atoms with Gasteiger partial charge in [-0.1, -0.05) is 31.4 Å². The zero-order valence-electron chi connectivity index (χ0n) is 19.7. The van der Waals surface area contributed by atoms with E-state index in [1.165, 1.54) is 6.07 Å². The molecule has 5 nitrogen and oxygen atoms in total. The highest BCUT2D eigenvalue weighted by atomic mass is 19.4. The molecule has 33 heavy (non-hydrogen) atoms. The molecule has 0 atom stereocenters. The SMILES string of the molecule is CC(C)(C)OC(=O)NC1CCN(C=C(c2cccc(C(F)(F)F)c2)C2(O)CCCCC2)CC1. The Morgan fingerprint density at radius 1 is 1.15 bits per heavy atom. The van der Waals surface area contributed by atoms with Crippen molar-refractivity contribution in [2.24, 2.45) is 0 Å². The summed E-state index contributed by atoms with van der Waals surface area (Å²) in [6.45, 7) is 6.68. The summed E-state index contributed by atoms with van der Waals surface area (Å²) in [6.07, 6.45) is 2.08. The van der Waals surface area contributed by atoms with Crippen molar-refractivity contribution in [3.8, 4) is 0 Å². The van der Waals surface area contributed by atoms with Gasteiger partial charge in [0.05, 0.1) is 11.2 Å². The summed E-state index contributed by atoms with van der Waals surface area (Å²) >= 11 is 0. The van der Waals surface area contributed by atoms with Gasteiger partial charge in [-0.3, -0.25) is 0 Å². The van der Waals surface area contributed by atoms with Crippen LogP contribution in [0, 0.1) is 0 Å². The first-order valence-corrected chi connectivity index (χ1v) is 11.7. The Morgan fingerprint density at radius 2 is 1.79 bits per heavy atom. The smallest absolute Gasteiger partial charge is 0.416 e. The van der Waals surface area contributed by atoms with Crippen LogP contribution in [-0.4, -0.2) is 46.4 Å². The molecule has 0 aromatic heterocycles. The van der Waals surface area contributed by atoms with Gasteiger partial charge in [0.25, 0.3) is 0 Å². The van der Waals surface area contributed by atoms with Gasteiger partial charge in [-0.15, -0.1) is 0 Å². The third-order valence-corrected chi connectivity index (χ3v) is 6.25. The first-order valence-electron chi connectivity index (χ1n) is 11.7. The van der Waals surface area contributed by atoms with Crippen molar-refractivity contribution in [2.75, 3.05) is 13.1 Å². The minimum absolute atomic E-state index is 0.0284. The lowest BCUT2D eigenvalue weighted by atomic mass is 9.77. The highest BCUT2D eigenvalue weighted by Crippen LogP contribution is 2.41. The number of nitrogens with one attached hydrogen (secondary N) is 1. The molecule has 1 saturated heterocycles. The van der Waals surface area contributed by atoms with E-state index in [1.54, 1.807) is 6.07 Å². The van der Waals surface area contributed by atoms with Crippen LogP contribution in [0.1, 0.15) is 76.8 Å². The Hall–Kier alpha value is -2.22. The number of rotatable bonds is 4. The molecule has 1 aromatic rings. The summed E-state index contributed by atoms with van der Waals surface area (Å²) < 4.78 is 45.3. The number of amides is 1. The van der Waals surface area contributed by atoms with Crippen molar-refractivity contribution in [2.45, 2.75) is 89.1 Å². The molecule has 1 aliphatic carbocycles. The maximum absolute atomic E-state index is 13.3. The highest BCUT2D eigenvalue weighted by molar-refractivity contribution is 5.72. The van der Waals surface area contributed by atoms with Crippen LogP contribution >= 0.6 is 0 Å². The quantitative estimate of drug-likeness (QED) is 0.592. The van der Waals surface area contributed by atoms with E-state index < -0.39 is 29.0 Å². The molecule has 1 heterocycles. The fourth-order valence-corrected chi connectivity index (χ4v) is 4.56. The highest BCUT2D eigenvalue weighted by Gasteiger charge is 2.37. The fourth-order valence-electron chi connectivity index (χ4n) is 4.56. The van der Waals surface area contributed by atoms with Gasteiger partial charge in [0.1, 0.15) is 5.60 Å². The topological polar surface area (TPSA) is 61.8 Å². The van der Waals surface area contributed by atoms with Crippen molar-refractivity contribution < 1.29 is 27.8 Å². The standard InChI is InChI=1S/C25H35F3N2O3/c1-23(2,3)33-22(31)29-20-10-14-30(15-11-20)17-21(24(32)12-5-4-6-13-24)18-8-7-9-19(16-18)25(26,27)28/h7-9,16-17,20,32H,4-6,10-15H2,1-3H3,(H,29,31). The van der Waals surface area contributed by atoms with E-state index in [1.807, 2.05) is 31.9 Å². The van der Waals surface area contributed by atoms with Crippen LogP contribution < -0.4 is 5.32 Å². The lowest BCUT2D eigenvalue weighted by Crippen LogP contribution is -2.45. The van der Waals surface area contributed by atoms with Crippen LogP contribution in [0.4, 0.5) is 18.0 Å². The van der Waals surface area contributed by atoms with E-state index in [0.29, 0.717) is 49.9 Å². The molecule has 2 fully saturated rings. The zero-order valence-corrected chi connectivity index (χ0v) is 19.7. The molecule has 3 rings (SSSR count). The summed E-state index contributed by atoms with van der Waals surface area (Å²) in [5.41, 5.74) is -1.47. The third kappa shape index (κ3) is 7.13. The molecule has 0 bridgehead atoms. The van der Waals surface area contributed by atoms with E-state index in [0.717, 1.165) is 31.4 Å². The van der Waals surface area contributed by atoms with E-state index in [9.17, 15) is 23.1 Å². The number of aliphatic hydroxyl groups is 1. The molecule has 184 valence electrons. The van der Waals surface area contributed by atoms with Gasteiger partial charge in [-0.05, 0) is 64.2 Å². The number of piperidine rings is 1. The first kappa shape index (κ1) is 25.4. The van der Waals surface area contributed by atoms with Crippen molar-refractivity contribution in [3.63, 3.8) is 0 Å². The van der Waals surface area contributed by atoms with Gasteiger partial charge in [0.15, 0.2) is 0 Å². The summed E-state index contributed by atoms with van der Waals surface area (Å²) in [4.78, 5) is 14.1. The van der Waals surface area contributed by atoms with Crippen LogP contribution in [-0.2, 0) is 10.9 Å². The summed E-state index contributed by atoms with van der Waals surface area (Å²) in [5, 5.41) is 14.3. The number of ether oxygens (including phenoxy) is 1. The van der Waals surface area contributed by atoms with E-state index in [-0.39, 0.29) is 6.04 Å². The largest absolute Gasteiger partial charge is 0.444 e. The summed E-state index contributed by atoms with van der Waals surface area (Å²) in [7, 11) is 0. The minimum Gasteiger partial charge on any atom is -0.444 e. The Labute approximate surface area is 194 Å². The molecule has 2 aliphatic rings. The average Bonchev–Trinajstić information content (AvgIpc) is 2.71. The number of alkyl halides is 3. The van der Waals surface area contributed by atoms with Gasteiger partial charge < -0.3 is 20.1 Å². The monoisotopic (exact) mass is 468 g/mol. The first-order chi connectivity index (χ1) is 15.4. The third-order valence-electron chi connectivity index (χ3n) is 6.25. The second kappa shape index (κ2) is 9.95. The molecule has 1 aromatic carbocycles. The van der Waals surface area contributed by atoms with E-state index in [4.69, 9.17) is 4.74 Å². The lowest BCUT2D eigenvalue weighted by molar-refractivity contribution is -0.137. The lowest BCUT2D eigenvalue weighted by Gasteiger charge is -2.38. The van der Waals surface area contributed by atoms with E-state index in [2.05, 4.69) is 5.32 Å². The molecule has 0 radical (unpaired) electrons. The Bertz CT molecular complexity index is 847. The normalized spacial score (nSPS) is 20.5.